The molecule has 0 bridgehead atoms. The maximum absolute atomic E-state index is 12.3. The second-order valence-electron chi connectivity index (χ2n) is 5.99. The topological polar surface area (TPSA) is 71.2 Å². The van der Waals surface area contributed by atoms with Gasteiger partial charge in [0.1, 0.15) is 5.82 Å². The number of carbonyl (C=O) groups is 1. The molecule has 0 aliphatic heterocycles. The summed E-state index contributed by atoms with van der Waals surface area (Å²) in [5.74, 6) is 1.31. The van der Waals surface area contributed by atoms with E-state index in [-0.39, 0.29) is 11.9 Å². The van der Waals surface area contributed by atoms with Crippen LogP contribution in [0.25, 0.3) is 0 Å². The zero-order valence-corrected chi connectivity index (χ0v) is 13.7. The normalized spacial score (nSPS) is 20.9. The van der Waals surface area contributed by atoms with Crippen molar-refractivity contribution in [3.63, 3.8) is 0 Å². The van der Waals surface area contributed by atoms with E-state index < -0.39 is 0 Å². The van der Waals surface area contributed by atoms with Crippen molar-refractivity contribution in [3.05, 3.63) is 23.9 Å². The first-order valence-electron chi connectivity index (χ1n) is 8.41. The van der Waals surface area contributed by atoms with E-state index in [1.54, 1.807) is 6.20 Å². The molecule has 5 nitrogen and oxygen atoms in total. The van der Waals surface area contributed by atoms with Crippen LogP contribution in [-0.2, 0) is 0 Å². The van der Waals surface area contributed by atoms with Crippen LogP contribution >= 0.6 is 0 Å². The number of nitrogens with one attached hydrogen (secondary N) is 1. The fourth-order valence-corrected chi connectivity index (χ4v) is 3.17. The van der Waals surface area contributed by atoms with Crippen LogP contribution in [0.1, 0.15) is 49.9 Å². The Morgan fingerprint density at radius 3 is 2.82 bits per heavy atom. The molecule has 1 aromatic rings. The van der Waals surface area contributed by atoms with E-state index in [1.807, 2.05) is 12.1 Å². The van der Waals surface area contributed by atoms with Gasteiger partial charge < -0.3 is 16.0 Å². The molecule has 1 aromatic heterocycles. The summed E-state index contributed by atoms with van der Waals surface area (Å²) < 4.78 is 0. The van der Waals surface area contributed by atoms with Crippen LogP contribution in [0.4, 0.5) is 5.82 Å². The van der Waals surface area contributed by atoms with E-state index in [0.717, 1.165) is 44.6 Å². The van der Waals surface area contributed by atoms with Gasteiger partial charge in [-0.2, -0.15) is 0 Å². The molecule has 22 heavy (non-hydrogen) atoms. The Bertz CT molecular complexity index is 474. The smallest absolute Gasteiger partial charge is 0.253 e. The van der Waals surface area contributed by atoms with Crippen LogP contribution in [-0.4, -0.2) is 36.6 Å². The maximum Gasteiger partial charge on any atom is 0.253 e. The Kier molecular flexibility index (Phi) is 6.19. The molecule has 2 unspecified atom stereocenters. The third-order valence-electron chi connectivity index (χ3n) is 4.49. The zero-order valence-electron chi connectivity index (χ0n) is 13.7. The van der Waals surface area contributed by atoms with Crippen molar-refractivity contribution in [2.75, 3.05) is 24.5 Å². The largest absolute Gasteiger partial charge is 0.357 e. The number of nitrogens with zero attached hydrogens (tertiary/aromatic N) is 2. The minimum Gasteiger partial charge on any atom is -0.357 e. The number of aromatic nitrogens is 1. The Hall–Kier alpha value is -1.62. The predicted octanol–water partition coefficient (Wildman–Crippen LogP) is 2.18. The van der Waals surface area contributed by atoms with Gasteiger partial charge >= 0.3 is 0 Å². The first-order chi connectivity index (χ1) is 10.7. The number of anilines is 1. The molecule has 1 aliphatic rings. The molecule has 1 aliphatic carbocycles. The van der Waals surface area contributed by atoms with Gasteiger partial charge in [-0.15, -0.1) is 0 Å². The van der Waals surface area contributed by atoms with Gasteiger partial charge in [0, 0.05) is 25.3 Å². The van der Waals surface area contributed by atoms with E-state index in [0.29, 0.717) is 18.0 Å². The summed E-state index contributed by atoms with van der Waals surface area (Å²) >= 11 is 0. The van der Waals surface area contributed by atoms with Crippen molar-refractivity contribution < 1.29 is 4.79 Å². The van der Waals surface area contributed by atoms with Crippen LogP contribution in [0.3, 0.4) is 0 Å². The molecule has 0 spiro atoms. The lowest BCUT2D eigenvalue weighted by atomic mass is 10.0. The van der Waals surface area contributed by atoms with Gasteiger partial charge in [0.15, 0.2) is 0 Å². The molecule has 1 amide bonds. The summed E-state index contributed by atoms with van der Waals surface area (Å²) in [6, 6.07) is 4.01. The number of rotatable bonds is 7. The predicted molar refractivity (Wildman–Crippen MR) is 90.1 cm³/mol. The molecule has 1 heterocycles. The highest BCUT2D eigenvalue weighted by Crippen LogP contribution is 2.24. The van der Waals surface area contributed by atoms with E-state index in [2.05, 4.69) is 29.0 Å². The molecular formula is C17H28N4O. The second-order valence-corrected chi connectivity index (χ2v) is 5.99. The SMILES string of the molecule is CCCN(CC)c1ccc(C(=O)NC2CCCC2CN)cn1. The van der Waals surface area contributed by atoms with Gasteiger partial charge in [0.2, 0.25) is 0 Å². The summed E-state index contributed by atoms with van der Waals surface area (Å²) in [4.78, 5) is 19.0. The maximum atomic E-state index is 12.3. The summed E-state index contributed by atoms with van der Waals surface area (Å²) in [6.45, 7) is 6.82. The molecule has 2 rings (SSSR count). The molecule has 0 saturated heterocycles. The van der Waals surface area contributed by atoms with E-state index in [9.17, 15) is 4.79 Å². The van der Waals surface area contributed by atoms with Gasteiger partial charge in [0.25, 0.3) is 5.91 Å². The Balaban J connectivity index is 1.99. The quantitative estimate of drug-likeness (QED) is 0.810. The highest BCUT2D eigenvalue weighted by Gasteiger charge is 2.27. The van der Waals surface area contributed by atoms with Crippen molar-refractivity contribution in [2.45, 2.75) is 45.6 Å². The highest BCUT2D eigenvalue weighted by atomic mass is 16.1. The number of hydrogen-bond donors (Lipinski definition) is 2. The lowest BCUT2D eigenvalue weighted by Crippen LogP contribution is -2.39. The molecule has 0 radical (unpaired) electrons. The third kappa shape index (κ3) is 3.97. The van der Waals surface area contributed by atoms with Gasteiger partial charge in [-0.3, -0.25) is 4.79 Å². The molecule has 0 aromatic carbocycles. The van der Waals surface area contributed by atoms with E-state index in [1.165, 1.54) is 0 Å². The first-order valence-corrected chi connectivity index (χ1v) is 8.41. The van der Waals surface area contributed by atoms with E-state index in [4.69, 9.17) is 5.73 Å². The monoisotopic (exact) mass is 304 g/mol. The third-order valence-corrected chi connectivity index (χ3v) is 4.49. The summed E-state index contributed by atoms with van der Waals surface area (Å²) in [5, 5.41) is 3.11. The lowest BCUT2D eigenvalue weighted by molar-refractivity contribution is 0.0928. The molecule has 122 valence electrons. The Morgan fingerprint density at radius 2 is 2.23 bits per heavy atom. The molecule has 5 heteroatoms. The summed E-state index contributed by atoms with van der Waals surface area (Å²) in [5.41, 5.74) is 6.39. The van der Waals surface area contributed by atoms with Crippen LogP contribution in [0, 0.1) is 5.92 Å². The molecule has 2 atom stereocenters. The number of pyridine rings is 1. The van der Waals surface area contributed by atoms with Gasteiger partial charge in [-0.25, -0.2) is 4.98 Å². The van der Waals surface area contributed by atoms with Crippen molar-refractivity contribution >= 4 is 11.7 Å². The second kappa shape index (κ2) is 8.13. The standard InChI is InChI=1S/C17H28N4O/c1-3-10-21(4-2)16-9-8-14(12-19-16)17(22)20-15-7-5-6-13(15)11-18/h8-9,12-13,15H,3-7,10-11,18H2,1-2H3,(H,20,22). The minimum atomic E-state index is -0.0389. The fourth-order valence-electron chi connectivity index (χ4n) is 3.17. The van der Waals surface area contributed by atoms with Crippen molar-refractivity contribution in [1.29, 1.82) is 0 Å². The van der Waals surface area contributed by atoms with Crippen molar-refractivity contribution in [2.24, 2.45) is 11.7 Å². The van der Waals surface area contributed by atoms with Crippen molar-refractivity contribution in [3.8, 4) is 0 Å². The summed E-state index contributed by atoms with van der Waals surface area (Å²) in [6.07, 6.45) is 6.04. The average molecular weight is 304 g/mol. The number of carbonyl (C=O) groups excluding carboxylic acids is 1. The van der Waals surface area contributed by atoms with E-state index >= 15 is 0 Å². The Morgan fingerprint density at radius 1 is 1.41 bits per heavy atom. The summed E-state index contributed by atoms with van der Waals surface area (Å²) in [7, 11) is 0. The highest BCUT2D eigenvalue weighted by molar-refractivity contribution is 5.94. The Labute approximate surface area is 133 Å². The fraction of sp³-hybridized carbons (Fsp3) is 0.647. The molecular weight excluding hydrogens is 276 g/mol. The van der Waals surface area contributed by atoms with Crippen LogP contribution < -0.4 is 16.0 Å². The van der Waals surface area contributed by atoms with Gasteiger partial charge in [0.05, 0.1) is 5.56 Å². The van der Waals surface area contributed by atoms with Crippen LogP contribution in [0.5, 0.6) is 0 Å². The number of hydrogen-bond acceptors (Lipinski definition) is 4. The molecule has 3 N–H and O–H groups in total. The van der Waals surface area contributed by atoms with Gasteiger partial charge in [-0.1, -0.05) is 13.3 Å². The van der Waals surface area contributed by atoms with Gasteiger partial charge in [-0.05, 0) is 50.8 Å². The molecule has 1 fully saturated rings. The van der Waals surface area contributed by atoms with Crippen LogP contribution in [0.2, 0.25) is 0 Å². The molecule has 1 saturated carbocycles. The average Bonchev–Trinajstić information content (AvgIpc) is 3.00. The number of nitrogens with two attached hydrogens (primary N) is 1. The minimum absolute atomic E-state index is 0.0389. The number of amides is 1. The zero-order chi connectivity index (χ0) is 15.9. The van der Waals surface area contributed by atoms with Crippen molar-refractivity contribution in [1.82, 2.24) is 10.3 Å². The lowest BCUT2D eigenvalue weighted by Gasteiger charge is -2.22. The first kappa shape index (κ1) is 16.7. The van der Waals surface area contributed by atoms with Crippen LogP contribution in [0.15, 0.2) is 18.3 Å².